The maximum absolute atomic E-state index is 10.1. The van der Waals surface area contributed by atoms with Crippen molar-refractivity contribution in [2.75, 3.05) is 0 Å². The minimum Gasteiger partial charge on any atom is -0.478 e. The molecule has 0 aromatic rings. The molecule has 3 nitrogen and oxygen atoms in total. The van der Waals surface area contributed by atoms with E-state index in [1.165, 1.54) is 13.8 Å². The van der Waals surface area contributed by atoms with Crippen molar-refractivity contribution in [3.8, 4) is 0 Å². The predicted molar refractivity (Wildman–Crippen MR) is 32.1 cm³/mol. The summed E-state index contributed by atoms with van der Waals surface area (Å²) in [6, 6.07) is 0. The molecule has 0 saturated carbocycles. The summed E-state index contributed by atoms with van der Waals surface area (Å²) in [6.07, 6.45) is 0.531. The fourth-order valence-electron chi connectivity index (χ4n) is 0.257. The van der Waals surface area contributed by atoms with Crippen molar-refractivity contribution in [3.63, 3.8) is 0 Å². The van der Waals surface area contributed by atoms with Gasteiger partial charge < -0.3 is 5.11 Å². The molecule has 0 aliphatic heterocycles. The summed E-state index contributed by atoms with van der Waals surface area (Å²) in [4.78, 5) is 20.0. The van der Waals surface area contributed by atoms with Gasteiger partial charge in [-0.15, -0.1) is 0 Å². The molecular formula is C6H8O3. The van der Waals surface area contributed by atoms with Gasteiger partial charge in [0, 0.05) is 5.57 Å². The van der Waals surface area contributed by atoms with Crippen molar-refractivity contribution >= 4 is 12.3 Å². The van der Waals surface area contributed by atoms with Crippen LogP contribution in [0.2, 0.25) is 0 Å². The molecule has 0 unspecified atom stereocenters. The van der Waals surface area contributed by atoms with Crippen LogP contribution in [-0.4, -0.2) is 17.4 Å². The second-order valence-corrected chi connectivity index (χ2v) is 1.73. The predicted octanol–water partition coefficient (Wildman–Crippen LogP) is 0.606. The van der Waals surface area contributed by atoms with Gasteiger partial charge in [0.1, 0.15) is 6.29 Å². The van der Waals surface area contributed by atoms with Gasteiger partial charge in [0.05, 0.1) is 0 Å². The lowest BCUT2D eigenvalue weighted by Gasteiger charge is -1.91. The highest BCUT2D eigenvalue weighted by Gasteiger charge is 2.02. The second kappa shape index (κ2) is 3.02. The molecule has 9 heavy (non-hydrogen) atoms. The van der Waals surface area contributed by atoms with Crippen molar-refractivity contribution in [2.24, 2.45) is 0 Å². The van der Waals surface area contributed by atoms with Crippen LogP contribution in [0.25, 0.3) is 0 Å². The van der Waals surface area contributed by atoms with Crippen LogP contribution < -0.4 is 0 Å². The lowest BCUT2D eigenvalue weighted by atomic mass is 10.2. The van der Waals surface area contributed by atoms with Gasteiger partial charge in [0.2, 0.25) is 0 Å². The maximum Gasteiger partial charge on any atom is 0.331 e. The monoisotopic (exact) mass is 128 g/mol. The van der Waals surface area contributed by atoms with E-state index in [1.54, 1.807) is 0 Å². The van der Waals surface area contributed by atoms with Gasteiger partial charge in [-0.05, 0) is 19.4 Å². The summed E-state index contributed by atoms with van der Waals surface area (Å²) in [5, 5.41) is 8.27. The topological polar surface area (TPSA) is 54.4 Å². The van der Waals surface area contributed by atoms with E-state index >= 15 is 0 Å². The Morgan fingerprint density at radius 3 is 2.00 bits per heavy atom. The first kappa shape index (κ1) is 7.88. The summed E-state index contributed by atoms with van der Waals surface area (Å²) >= 11 is 0. The number of carbonyl (C=O) groups excluding carboxylic acids is 1. The average Bonchev–Trinajstić information content (AvgIpc) is 1.84. The largest absolute Gasteiger partial charge is 0.478 e. The fraction of sp³-hybridized carbons (Fsp3) is 0.333. The van der Waals surface area contributed by atoms with Crippen LogP contribution in [0, 0.1) is 0 Å². The minimum atomic E-state index is -1.04. The number of rotatable bonds is 2. The fourth-order valence-corrected chi connectivity index (χ4v) is 0.257. The molecule has 0 amide bonds. The van der Waals surface area contributed by atoms with Crippen molar-refractivity contribution in [1.82, 2.24) is 0 Å². The van der Waals surface area contributed by atoms with Gasteiger partial charge in [-0.25, -0.2) is 4.79 Å². The van der Waals surface area contributed by atoms with Crippen LogP contribution in [-0.2, 0) is 9.59 Å². The number of hydrogen-bond donors (Lipinski definition) is 1. The number of carboxylic acids is 1. The van der Waals surface area contributed by atoms with Gasteiger partial charge in [0.25, 0.3) is 0 Å². The number of carbonyl (C=O) groups is 2. The summed E-state index contributed by atoms with van der Waals surface area (Å²) in [5.41, 5.74) is 0.368. The van der Waals surface area contributed by atoms with Crippen LogP contribution in [0.3, 0.4) is 0 Å². The highest BCUT2D eigenvalue weighted by Crippen LogP contribution is 1.98. The lowest BCUT2D eigenvalue weighted by Crippen LogP contribution is -1.99. The lowest BCUT2D eigenvalue weighted by molar-refractivity contribution is -0.132. The van der Waals surface area contributed by atoms with Gasteiger partial charge in [-0.2, -0.15) is 0 Å². The van der Waals surface area contributed by atoms with E-state index in [9.17, 15) is 9.59 Å². The van der Waals surface area contributed by atoms with E-state index in [0.29, 0.717) is 6.29 Å². The highest BCUT2D eigenvalue weighted by molar-refractivity contribution is 5.93. The molecule has 0 aromatic heterocycles. The summed E-state index contributed by atoms with van der Waals surface area (Å²) < 4.78 is 0. The zero-order valence-corrected chi connectivity index (χ0v) is 5.34. The van der Waals surface area contributed by atoms with Crippen LogP contribution in [0.15, 0.2) is 11.1 Å². The molecule has 1 N–H and O–H groups in total. The van der Waals surface area contributed by atoms with Crippen molar-refractivity contribution in [2.45, 2.75) is 13.8 Å². The van der Waals surface area contributed by atoms with E-state index < -0.39 is 5.97 Å². The molecule has 0 aromatic carbocycles. The zero-order valence-electron chi connectivity index (χ0n) is 5.34. The Morgan fingerprint density at radius 2 is 1.89 bits per heavy atom. The number of hydrogen-bond acceptors (Lipinski definition) is 2. The van der Waals surface area contributed by atoms with E-state index in [1.807, 2.05) is 0 Å². The Morgan fingerprint density at radius 1 is 1.44 bits per heavy atom. The van der Waals surface area contributed by atoms with Crippen molar-refractivity contribution < 1.29 is 14.7 Å². The first-order chi connectivity index (χ1) is 4.09. The molecule has 0 bridgehead atoms. The van der Waals surface area contributed by atoms with Crippen LogP contribution in [0.5, 0.6) is 0 Å². The van der Waals surface area contributed by atoms with Gasteiger partial charge >= 0.3 is 5.97 Å². The number of allylic oxidation sites excluding steroid dienone is 1. The molecule has 50 valence electrons. The molecular weight excluding hydrogens is 120 g/mol. The first-order valence-corrected chi connectivity index (χ1v) is 2.45. The van der Waals surface area contributed by atoms with Crippen LogP contribution in [0.1, 0.15) is 13.8 Å². The van der Waals surface area contributed by atoms with Gasteiger partial charge in [-0.3, -0.25) is 4.79 Å². The average molecular weight is 128 g/mol. The quantitative estimate of drug-likeness (QED) is 0.437. The van der Waals surface area contributed by atoms with Crippen LogP contribution in [0.4, 0.5) is 0 Å². The van der Waals surface area contributed by atoms with Gasteiger partial charge in [0.15, 0.2) is 0 Å². The van der Waals surface area contributed by atoms with E-state index in [2.05, 4.69) is 0 Å². The number of aldehydes is 1. The Kier molecular flexibility index (Phi) is 2.64. The first-order valence-electron chi connectivity index (χ1n) is 2.45. The number of carboxylic acid groups (broad SMARTS) is 1. The molecule has 3 heteroatoms. The minimum absolute atomic E-state index is 0.102. The molecule has 0 spiro atoms. The smallest absolute Gasteiger partial charge is 0.331 e. The second-order valence-electron chi connectivity index (χ2n) is 1.73. The van der Waals surface area contributed by atoms with E-state index in [4.69, 9.17) is 5.11 Å². The molecule has 0 atom stereocenters. The Labute approximate surface area is 53.0 Å². The molecule has 0 radical (unpaired) electrons. The molecule has 0 aliphatic carbocycles. The Bertz CT molecular complexity index is 167. The third kappa shape index (κ3) is 2.08. The van der Waals surface area contributed by atoms with E-state index in [0.717, 1.165) is 0 Å². The van der Waals surface area contributed by atoms with Crippen molar-refractivity contribution in [3.05, 3.63) is 11.1 Å². The summed E-state index contributed by atoms with van der Waals surface area (Å²) in [7, 11) is 0. The Hall–Kier alpha value is -1.12. The number of aliphatic carboxylic acids is 1. The highest BCUT2D eigenvalue weighted by atomic mass is 16.4. The third-order valence-electron chi connectivity index (χ3n) is 1.09. The standard InChI is InChI=1S/C6H8O3/c1-4(3-7)5(2)6(8)9/h3H,1-2H3,(H,8,9)/b5-4-. The molecule has 0 rings (SSSR count). The molecule has 0 heterocycles. The van der Waals surface area contributed by atoms with Gasteiger partial charge in [-0.1, -0.05) is 0 Å². The van der Waals surface area contributed by atoms with E-state index in [-0.39, 0.29) is 11.1 Å². The zero-order chi connectivity index (χ0) is 7.44. The van der Waals surface area contributed by atoms with Crippen LogP contribution >= 0.6 is 0 Å². The summed E-state index contributed by atoms with van der Waals surface area (Å²) in [5.74, 6) is -1.04. The van der Waals surface area contributed by atoms with Crippen molar-refractivity contribution in [1.29, 1.82) is 0 Å². The molecule has 0 fully saturated rings. The summed E-state index contributed by atoms with van der Waals surface area (Å²) in [6.45, 7) is 2.86. The Balaban J connectivity index is 4.47. The normalized spacial score (nSPS) is 12.2. The SMILES string of the molecule is C/C(C=O)=C(\C)C(=O)O. The molecule has 0 saturated heterocycles. The third-order valence-corrected chi connectivity index (χ3v) is 1.09. The molecule has 0 aliphatic rings. The maximum atomic E-state index is 10.1.